The van der Waals surface area contributed by atoms with Gasteiger partial charge in [0.15, 0.2) is 0 Å². The second-order valence-corrected chi connectivity index (χ2v) is 9.90. The van der Waals surface area contributed by atoms with Crippen LogP contribution >= 0.6 is 0 Å². The lowest BCUT2D eigenvalue weighted by Gasteiger charge is -2.19. The Morgan fingerprint density at radius 3 is 2.06 bits per heavy atom. The van der Waals surface area contributed by atoms with E-state index in [1.165, 1.54) is 37.7 Å². The number of ether oxygens (including phenoxy) is 2. The number of alkyl carbamates (subject to hydrolysis) is 1. The largest absolute Gasteiger partial charge is 0.461 e. The first-order valence-corrected chi connectivity index (χ1v) is 12.0. The van der Waals surface area contributed by atoms with Gasteiger partial charge in [-0.15, -0.1) is 0 Å². The molecule has 0 heterocycles. The van der Waals surface area contributed by atoms with E-state index in [2.05, 4.69) is 72.0 Å². The SMILES string of the molecule is CC(C)(C)OC(=O)NCCCC(=O)OCc1ccc2c3cccc4cccc(c5cccc1c52)c43. The van der Waals surface area contributed by atoms with Crippen LogP contribution in [-0.2, 0) is 20.9 Å². The molecule has 35 heavy (non-hydrogen) atoms. The van der Waals surface area contributed by atoms with Crippen LogP contribution in [0.15, 0.2) is 66.7 Å². The normalized spacial score (nSPS) is 12.0. The second-order valence-electron chi connectivity index (χ2n) is 9.90. The molecule has 1 amide bonds. The molecule has 5 rings (SSSR count). The highest BCUT2D eigenvalue weighted by Crippen LogP contribution is 2.40. The van der Waals surface area contributed by atoms with E-state index in [-0.39, 0.29) is 19.0 Å². The highest BCUT2D eigenvalue weighted by Gasteiger charge is 2.17. The molecule has 0 saturated heterocycles. The maximum absolute atomic E-state index is 12.4. The van der Waals surface area contributed by atoms with Crippen LogP contribution in [0, 0.1) is 0 Å². The van der Waals surface area contributed by atoms with E-state index < -0.39 is 11.7 Å². The fraction of sp³-hybridized carbons (Fsp3) is 0.267. The number of amides is 1. The van der Waals surface area contributed by atoms with Crippen molar-refractivity contribution in [1.82, 2.24) is 5.32 Å². The number of hydrogen-bond donors (Lipinski definition) is 1. The number of carbonyl (C=O) groups is 2. The van der Waals surface area contributed by atoms with E-state index in [1.807, 2.05) is 20.8 Å². The fourth-order valence-corrected chi connectivity index (χ4v) is 4.80. The Morgan fingerprint density at radius 2 is 1.37 bits per heavy atom. The molecule has 0 saturated carbocycles. The highest BCUT2D eigenvalue weighted by atomic mass is 16.6. The van der Waals surface area contributed by atoms with Crippen LogP contribution in [0.3, 0.4) is 0 Å². The molecule has 0 aliphatic rings. The quantitative estimate of drug-likeness (QED) is 0.125. The minimum atomic E-state index is -0.545. The van der Waals surface area contributed by atoms with Gasteiger partial charge in [-0.2, -0.15) is 0 Å². The van der Waals surface area contributed by atoms with Crippen molar-refractivity contribution in [2.75, 3.05) is 6.54 Å². The highest BCUT2D eigenvalue weighted by molar-refractivity contribution is 6.33. The summed E-state index contributed by atoms with van der Waals surface area (Å²) in [6.07, 6.45) is 0.238. The smallest absolute Gasteiger partial charge is 0.407 e. The minimum absolute atomic E-state index is 0.213. The Balaban J connectivity index is 1.32. The number of carbonyl (C=O) groups excluding carboxylic acids is 2. The summed E-state index contributed by atoms with van der Waals surface area (Å²) in [4.78, 5) is 24.1. The first-order chi connectivity index (χ1) is 16.8. The maximum atomic E-state index is 12.4. The number of rotatable bonds is 6. The molecule has 5 aromatic carbocycles. The predicted octanol–water partition coefficient (Wildman–Crippen LogP) is 7.09. The summed E-state index contributed by atoms with van der Waals surface area (Å²) < 4.78 is 10.8. The third-order valence-electron chi connectivity index (χ3n) is 6.23. The van der Waals surface area contributed by atoms with Crippen molar-refractivity contribution < 1.29 is 19.1 Å². The first kappa shape index (κ1) is 22.9. The van der Waals surface area contributed by atoms with Crippen molar-refractivity contribution in [3.05, 3.63) is 72.3 Å². The average Bonchev–Trinajstić information content (AvgIpc) is 2.83. The molecule has 0 aliphatic carbocycles. The van der Waals surface area contributed by atoms with Gasteiger partial charge < -0.3 is 14.8 Å². The molecule has 0 radical (unpaired) electrons. The second kappa shape index (κ2) is 9.06. The van der Waals surface area contributed by atoms with Crippen molar-refractivity contribution in [3.8, 4) is 0 Å². The lowest BCUT2D eigenvalue weighted by atomic mass is 9.88. The van der Waals surface area contributed by atoms with Crippen LogP contribution in [0.4, 0.5) is 4.79 Å². The van der Waals surface area contributed by atoms with Gasteiger partial charge in [-0.3, -0.25) is 4.79 Å². The van der Waals surface area contributed by atoms with Crippen molar-refractivity contribution in [2.45, 2.75) is 45.8 Å². The summed E-state index contributed by atoms with van der Waals surface area (Å²) in [5.41, 5.74) is 0.438. The molecule has 5 aromatic rings. The monoisotopic (exact) mass is 467 g/mol. The van der Waals surface area contributed by atoms with Crippen LogP contribution in [0.25, 0.3) is 43.1 Å². The molecule has 0 unspecified atom stereocenters. The van der Waals surface area contributed by atoms with Gasteiger partial charge in [0.05, 0.1) is 0 Å². The Kier molecular flexibility index (Phi) is 5.93. The maximum Gasteiger partial charge on any atom is 0.407 e. The van der Waals surface area contributed by atoms with Gasteiger partial charge in [-0.05, 0) is 75.8 Å². The van der Waals surface area contributed by atoms with Crippen LogP contribution in [0.1, 0.15) is 39.2 Å². The van der Waals surface area contributed by atoms with Gasteiger partial charge >= 0.3 is 12.1 Å². The molecule has 178 valence electrons. The Labute approximate surface area is 204 Å². The number of benzene rings is 5. The number of nitrogens with one attached hydrogen (secondary N) is 1. The summed E-state index contributed by atoms with van der Waals surface area (Å²) >= 11 is 0. The predicted molar refractivity (Wildman–Crippen MR) is 141 cm³/mol. The lowest BCUT2D eigenvalue weighted by Crippen LogP contribution is -2.33. The zero-order chi connectivity index (χ0) is 24.6. The molecule has 0 aromatic heterocycles. The summed E-state index contributed by atoms with van der Waals surface area (Å²) in [6, 6.07) is 23.4. The van der Waals surface area contributed by atoms with Crippen LogP contribution in [0.5, 0.6) is 0 Å². The molecule has 0 spiro atoms. The van der Waals surface area contributed by atoms with Gasteiger partial charge in [-0.1, -0.05) is 66.7 Å². The third kappa shape index (κ3) is 4.59. The van der Waals surface area contributed by atoms with Crippen LogP contribution in [0.2, 0.25) is 0 Å². The average molecular weight is 468 g/mol. The molecule has 0 fully saturated rings. The number of hydrogen-bond acceptors (Lipinski definition) is 4. The summed E-state index contributed by atoms with van der Waals surface area (Å²) in [5, 5.41) is 12.4. The van der Waals surface area contributed by atoms with Gasteiger partial charge in [0.2, 0.25) is 0 Å². The van der Waals surface area contributed by atoms with Crippen molar-refractivity contribution >= 4 is 55.2 Å². The Morgan fingerprint density at radius 1 is 0.771 bits per heavy atom. The molecule has 0 atom stereocenters. The number of esters is 1. The fourth-order valence-electron chi connectivity index (χ4n) is 4.80. The van der Waals surface area contributed by atoms with Gasteiger partial charge in [-0.25, -0.2) is 4.79 Å². The van der Waals surface area contributed by atoms with Crippen LogP contribution in [-0.4, -0.2) is 24.2 Å². The van der Waals surface area contributed by atoms with E-state index in [9.17, 15) is 9.59 Å². The zero-order valence-electron chi connectivity index (χ0n) is 20.3. The van der Waals surface area contributed by atoms with Crippen molar-refractivity contribution in [1.29, 1.82) is 0 Å². The lowest BCUT2D eigenvalue weighted by molar-refractivity contribution is -0.145. The molecule has 5 heteroatoms. The number of fused-ring (bicyclic) bond motifs is 2. The topological polar surface area (TPSA) is 64.6 Å². The van der Waals surface area contributed by atoms with Gasteiger partial charge in [0, 0.05) is 13.0 Å². The molecular weight excluding hydrogens is 438 g/mol. The minimum Gasteiger partial charge on any atom is -0.461 e. The van der Waals surface area contributed by atoms with Crippen molar-refractivity contribution in [2.24, 2.45) is 0 Å². The molecule has 0 bridgehead atoms. The van der Waals surface area contributed by atoms with E-state index in [0.29, 0.717) is 13.0 Å². The standard InChI is InChI=1S/C30H29NO4/c1-30(2,3)35-29(33)31-17-7-14-26(32)34-18-20-15-16-25-23-12-5-9-19-8-4-11-22(27(19)23)24-13-6-10-21(20)28(24)25/h4-6,8-13,15-16H,7,14,17-18H2,1-3H3,(H,31,33). The summed E-state index contributed by atoms with van der Waals surface area (Å²) in [7, 11) is 0. The zero-order valence-corrected chi connectivity index (χ0v) is 20.3. The summed E-state index contributed by atoms with van der Waals surface area (Å²) in [6.45, 7) is 6.00. The Hall–Kier alpha value is -3.86. The summed E-state index contributed by atoms with van der Waals surface area (Å²) in [5.74, 6) is -0.286. The van der Waals surface area contributed by atoms with Gasteiger partial charge in [0.25, 0.3) is 0 Å². The van der Waals surface area contributed by atoms with E-state index in [4.69, 9.17) is 9.47 Å². The van der Waals surface area contributed by atoms with E-state index in [1.54, 1.807) is 0 Å². The molecular formula is C30H29NO4. The molecule has 1 N–H and O–H groups in total. The Bertz CT molecular complexity index is 1500. The molecule has 5 nitrogen and oxygen atoms in total. The van der Waals surface area contributed by atoms with E-state index >= 15 is 0 Å². The van der Waals surface area contributed by atoms with E-state index in [0.717, 1.165) is 10.9 Å². The first-order valence-electron chi connectivity index (χ1n) is 12.0. The van der Waals surface area contributed by atoms with Crippen LogP contribution < -0.4 is 5.32 Å². The third-order valence-corrected chi connectivity index (χ3v) is 6.23. The van der Waals surface area contributed by atoms with Gasteiger partial charge in [0.1, 0.15) is 12.2 Å². The van der Waals surface area contributed by atoms with Crippen molar-refractivity contribution in [3.63, 3.8) is 0 Å². The molecule has 0 aliphatic heterocycles.